The van der Waals surface area contributed by atoms with E-state index >= 15 is 0 Å². The molecule has 1 aromatic carbocycles. The van der Waals surface area contributed by atoms with E-state index in [1.807, 2.05) is 24.3 Å². The Morgan fingerprint density at radius 1 is 1.16 bits per heavy atom. The second kappa shape index (κ2) is 8.23. The molecule has 1 aliphatic rings. The van der Waals surface area contributed by atoms with Gasteiger partial charge in [0.1, 0.15) is 11.3 Å². The number of likely N-dealkylation sites (tertiary alicyclic amines) is 1. The molecule has 0 spiro atoms. The molecule has 1 fully saturated rings. The van der Waals surface area contributed by atoms with Crippen LogP contribution in [0.2, 0.25) is 0 Å². The Labute approximate surface area is 184 Å². The van der Waals surface area contributed by atoms with E-state index < -0.39 is 17.5 Å². The lowest BCUT2D eigenvalue weighted by molar-refractivity contribution is -0.142. The van der Waals surface area contributed by atoms with Crippen LogP contribution in [0.15, 0.2) is 36.4 Å². The summed E-state index contributed by atoms with van der Waals surface area (Å²) in [7, 11) is 0. The molecule has 5 nitrogen and oxygen atoms in total. The molecule has 3 heterocycles. The zero-order valence-electron chi connectivity index (χ0n) is 18.2. The van der Waals surface area contributed by atoms with Crippen LogP contribution >= 0.6 is 0 Å². The van der Waals surface area contributed by atoms with Crippen molar-refractivity contribution >= 4 is 5.65 Å². The van der Waals surface area contributed by atoms with Crippen LogP contribution in [-0.2, 0) is 12.7 Å². The van der Waals surface area contributed by atoms with Crippen LogP contribution in [0.25, 0.3) is 5.65 Å². The minimum atomic E-state index is -4.49. The normalized spacial score (nSPS) is 17.5. The predicted octanol–water partition coefficient (Wildman–Crippen LogP) is 4.17. The van der Waals surface area contributed by atoms with Crippen molar-refractivity contribution in [3.8, 4) is 11.8 Å². The first-order valence-electron chi connectivity index (χ1n) is 10.5. The average Bonchev–Trinajstić information content (AvgIpc) is 3.32. The van der Waals surface area contributed by atoms with E-state index in [1.165, 1.54) is 0 Å². The van der Waals surface area contributed by atoms with Crippen molar-refractivity contribution in [3.05, 3.63) is 64.6 Å². The number of benzene rings is 1. The predicted molar refractivity (Wildman–Crippen MR) is 115 cm³/mol. The summed E-state index contributed by atoms with van der Waals surface area (Å²) >= 11 is 0. The average molecular weight is 442 g/mol. The maximum atomic E-state index is 13.4. The molecule has 0 saturated carbocycles. The fourth-order valence-corrected chi connectivity index (χ4v) is 3.91. The van der Waals surface area contributed by atoms with Gasteiger partial charge in [0.2, 0.25) is 0 Å². The Balaban J connectivity index is 1.46. The third-order valence-corrected chi connectivity index (χ3v) is 5.43. The first-order valence-corrected chi connectivity index (χ1v) is 10.5. The Bertz CT molecular complexity index is 1180. The fraction of sp³-hybridized carbons (Fsp3) is 0.417. The molecule has 168 valence electrons. The van der Waals surface area contributed by atoms with Crippen molar-refractivity contribution in [2.24, 2.45) is 0 Å². The van der Waals surface area contributed by atoms with E-state index in [-0.39, 0.29) is 11.6 Å². The number of aliphatic hydroxyl groups is 1. The van der Waals surface area contributed by atoms with Gasteiger partial charge in [0.15, 0.2) is 5.65 Å². The van der Waals surface area contributed by atoms with Gasteiger partial charge in [-0.05, 0) is 57.5 Å². The van der Waals surface area contributed by atoms with Gasteiger partial charge in [0.25, 0.3) is 0 Å². The Kier molecular flexibility index (Phi) is 5.74. The van der Waals surface area contributed by atoms with Crippen molar-refractivity contribution in [1.82, 2.24) is 19.5 Å². The number of aryl methyl sites for hydroxylation is 1. The van der Waals surface area contributed by atoms with Crippen molar-refractivity contribution < 1.29 is 18.3 Å². The summed E-state index contributed by atoms with van der Waals surface area (Å²) in [6, 6.07) is 10.6. The highest BCUT2D eigenvalue weighted by Crippen LogP contribution is 2.32. The minimum absolute atomic E-state index is 0.0648. The highest BCUT2D eigenvalue weighted by molar-refractivity contribution is 5.43. The lowest BCUT2D eigenvalue weighted by Crippen LogP contribution is -2.20. The molecule has 0 unspecified atom stereocenters. The van der Waals surface area contributed by atoms with Gasteiger partial charge in [0.05, 0.1) is 5.69 Å². The van der Waals surface area contributed by atoms with E-state index in [9.17, 15) is 18.3 Å². The zero-order valence-corrected chi connectivity index (χ0v) is 18.2. The van der Waals surface area contributed by atoms with Crippen LogP contribution in [0.5, 0.6) is 0 Å². The first-order chi connectivity index (χ1) is 15.0. The zero-order chi connectivity index (χ0) is 23.1. The van der Waals surface area contributed by atoms with E-state index in [2.05, 4.69) is 26.8 Å². The first kappa shape index (κ1) is 22.3. The monoisotopic (exact) mass is 442 g/mol. The summed E-state index contributed by atoms with van der Waals surface area (Å²) in [5, 5.41) is 14.0. The van der Waals surface area contributed by atoms with Crippen molar-refractivity contribution in [1.29, 1.82) is 0 Å². The molecule has 1 N–H and O–H groups in total. The largest absolute Gasteiger partial charge is 0.433 e. The lowest BCUT2D eigenvalue weighted by Gasteiger charge is -2.15. The summed E-state index contributed by atoms with van der Waals surface area (Å²) in [5.74, 6) is 5.81. The molecule has 0 amide bonds. The highest BCUT2D eigenvalue weighted by atomic mass is 19.4. The van der Waals surface area contributed by atoms with Crippen molar-refractivity contribution in [2.75, 3.05) is 13.1 Å². The molecule has 0 bridgehead atoms. The summed E-state index contributed by atoms with van der Waals surface area (Å²) < 4.78 is 41.1. The van der Waals surface area contributed by atoms with Gasteiger partial charge >= 0.3 is 6.18 Å². The number of alkyl halides is 3. The van der Waals surface area contributed by atoms with Crippen LogP contribution < -0.4 is 0 Å². The standard InChI is InChI=1S/C24H25F3N4O/c1-16-12-21(24(25,26)27)31-22(28-16)13-20(29-31)19-9-11-30(15-19)14-18-6-4-17(5-7-18)8-10-23(2,3)32/h4-7,12-13,19,32H,9,11,14-15H2,1-3H3/t19-/m1/s1. The summed E-state index contributed by atoms with van der Waals surface area (Å²) in [5.41, 5.74) is 1.33. The van der Waals surface area contributed by atoms with Crippen LogP contribution in [0.4, 0.5) is 13.2 Å². The molecule has 4 rings (SSSR count). The molecule has 8 heteroatoms. The summed E-state index contributed by atoms with van der Waals surface area (Å²) in [6.07, 6.45) is -3.65. The van der Waals surface area contributed by atoms with E-state index in [0.29, 0.717) is 11.4 Å². The Morgan fingerprint density at radius 3 is 2.53 bits per heavy atom. The highest BCUT2D eigenvalue weighted by Gasteiger charge is 2.35. The number of nitrogens with zero attached hydrogens (tertiary/aromatic N) is 4. The lowest BCUT2D eigenvalue weighted by atomic mass is 10.1. The number of fused-ring (bicyclic) bond motifs is 1. The van der Waals surface area contributed by atoms with Crippen LogP contribution in [-0.4, -0.2) is 43.3 Å². The van der Waals surface area contributed by atoms with Gasteiger partial charge in [-0.2, -0.15) is 18.3 Å². The quantitative estimate of drug-likeness (QED) is 0.619. The molecule has 0 aliphatic carbocycles. The Morgan fingerprint density at radius 2 is 1.88 bits per heavy atom. The smallest absolute Gasteiger partial charge is 0.378 e. The number of hydrogen-bond donors (Lipinski definition) is 1. The number of halogens is 3. The molecule has 0 radical (unpaired) electrons. The van der Waals surface area contributed by atoms with E-state index in [4.69, 9.17) is 0 Å². The Hall–Kier alpha value is -2.89. The van der Waals surface area contributed by atoms with E-state index in [1.54, 1.807) is 26.8 Å². The van der Waals surface area contributed by atoms with Gasteiger partial charge < -0.3 is 5.11 Å². The van der Waals surface area contributed by atoms with Crippen LogP contribution in [0.1, 0.15) is 54.4 Å². The molecular formula is C24H25F3N4O. The molecular weight excluding hydrogens is 417 g/mol. The molecule has 3 aromatic rings. The molecule has 1 saturated heterocycles. The number of rotatable bonds is 3. The third kappa shape index (κ3) is 5.12. The van der Waals surface area contributed by atoms with Gasteiger partial charge in [-0.3, -0.25) is 4.90 Å². The van der Waals surface area contributed by atoms with Crippen molar-refractivity contribution in [3.63, 3.8) is 0 Å². The molecule has 1 aliphatic heterocycles. The second-order valence-corrected chi connectivity index (χ2v) is 8.85. The van der Waals surface area contributed by atoms with E-state index in [0.717, 1.165) is 47.8 Å². The van der Waals surface area contributed by atoms with Crippen LogP contribution in [0.3, 0.4) is 0 Å². The SMILES string of the molecule is Cc1cc(C(F)(F)F)n2nc([C@@H]3CCN(Cc4ccc(C#CC(C)(C)O)cc4)C3)cc2n1. The maximum absolute atomic E-state index is 13.4. The second-order valence-electron chi connectivity index (χ2n) is 8.85. The van der Waals surface area contributed by atoms with Gasteiger partial charge in [-0.15, -0.1) is 0 Å². The number of aromatic nitrogens is 3. The molecule has 1 atom stereocenters. The minimum Gasteiger partial charge on any atom is -0.378 e. The number of hydrogen-bond acceptors (Lipinski definition) is 4. The third-order valence-electron chi connectivity index (χ3n) is 5.43. The molecule has 32 heavy (non-hydrogen) atoms. The summed E-state index contributed by atoms with van der Waals surface area (Å²) in [4.78, 5) is 6.50. The summed E-state index contributed by atoms with van der Waals surface area (Å²) in [6.45, 7) is 7.15. The fourth-order valence-electron chi connectivity index (χ4n) is 3.91. The topological polar surface area (TPSA) is 53.7 Å². The molecule has 2 aromatic heterocycles. The van der Waals surface area contributed by atoms with Gasteiger partial charge in [0, 0.05) is 36.3 Å². The van der Waals surface area contributed by atoms with Crippen molar-refractivity contribution in [2.45, 2.75) is 51.4 Å². The van der Waals surface area contributed by atoms with Crippen LogP contribution in [0, 0.1) is 18.8 Å². The van der Waals surface area contributed by atoms with Gasteiger partial charge in [-0.1, -0.05) is 24.0 Å². The van der Waals surface area contributed by atoms with Gasteiger partial charge in [-0.25, -0.2) is 9.50 Å². The maximum Gasteiger partial charge on any atom is 0.433 e.